The van der Waals surface area contributed by atoms with Crippen LogP contribution in [0.2, 0.25) is 0 Å². The third kappa shape index (κ3) is 6.03. The molecule has 5 rings (SSSR count). The van der Waals surface area contributed by atoms with Gasteiger partial charge >= 0.3 is 12.4 Å². The number of morpholine rings is 1. The summed E-state index contributed by atoms with van der Waals surface area (Å²) in [6.45, 7) is 1.66. The van der Waals surface area contributed by atoms with Gasteiger partial charge in [-0.2, -0.15) is 36.4 Å². The van der Waals surface area contributed by atoms with Gasteiger partial charge in [-0.15, -0.1) is 0 Å². The number of hydrogen-bond acceptors (Lipinski definition) is 6. The Labute approximate surface area is 228 Å². The molecule has 1 atom stereocenters. The molecule has 1 saturated heterocycles. The van der Waals surface area contributed by atoms with Crippen LogP contribution in [0.5, 0.6) is 0 Å². The highest BCUT2D eigenvalue weighted by Gasteiger charge is 2.38. The Morgan fingerprint density at radius 2 is 1.93 bits per heavy atom. The molecule has 0 spiro atoms. The quantitative estimate of drug-likeness (QED) is 0.294. The number of carbonyl (C=O) groups is 1. The highest BCUT2D eigenvalue weighted by atomic mass is 32.2. The number of carbonyl (C=O) groups excluding carboxylic acids is 1. The molecular weight excluding hydrogens is 562 g/mol. The number of rotatable bonds is 5. The zero-order chi connectivity index (χ0) is 28.7. The van der Waals surface area contributed by atoms with E-state index in [2.05, 4.69) is 10.1 Å². The number of fused-ring (bicyclic) bond motifs is 1. The lowest BCUT2D eigenvalue weighted by atomic mass is 10.0. The van der Waals surface area contributed by atoms with Gasteiger partial charge in [-0.25, -0.2) is 0 Å². The molecule has 7 nitrogen and oxygen atoms in total. The van der Waals surface area contributed by atoms with Gasteiger partial charge in [-0.3, -0.25) is 9.48 Å². The summed E-state index contributed by atoms with van der Waals surface area (Å²) in [5, 5.41) is 5.31. The summed E-state index contributed by atoms with van der Waals surface area (Å²) in [6.07, 6.45) is -6.88. The Hall–Kier alpha value is -3.36. The Morgan fingerprint density at radius 3 is 2.65 bits per heavy atom. The van der Waals surface area contributed by atoms with E-state index < -0.39 is 23.5 Å². The van der Waals surface area contributed by atoms with Gasteiger partial charge < -0.3 is 14.4 Å². The molecule has 2 aliphatic heterocycles. The average Bonchev–Trinajstić information content (AvgIpc) is 3.46. The highest BCUT2D eigenvalue weighted by molar-refractivity contribution is 8.18. The molecule has 2 aromatic carbocycles. The Balaban J connectivity index is 1.35. The monoisotopic (exact) mass is 584 g/mol. The summed E-state index contributed by atoms with van der Waals surface area (Å²) in [5.74, 6) is -0.382. The maximum atomic E-state index is 13.6. The standard InChI is InChI=1S/C26H22F6N4O3S/c1-38-14-19-13-35(6-7-39-19)24-34-23(37)22(40-24)9-15-2-5-21-17(8-15)11-33-36(21)12-16-3-4-18(25(27,28)29)10-20(16)26(30,31)32/h2-5,8-11,19H,6-7,12-14H2,1H3. The first-order valence-electron chi connectivity index (χ1n) is 12.0. The molecule has 212 valence electrons. The minimum absolute atomic E-state index is 0.118. The zero-order valence-corrected chi connectivity index (χ0v) is 21.7. The van der Waals surface area contributed by atoms with Gasteiger partial charge in [0.2, 0.25) is 0 Å². The molecule has 3 aromatic rings. The second-order valence-corrected chi connectivity index (χ2v) is 10.2. The summed E-state index contributed by atoms with van der Waals surface area (Å²) in [7, 11) is 1.59. The van der Waals surface area contributed by atoms with E-state index in [0.717, 1.165) is 6.07 Å². The molecule has 40 heavy (non-hydrogen) atoms. The van der Waals surface area contributed by atoms with Gasteiger partial charge in [-0.1, -0.05) is 12.1 Å². The van der Waals surface area contributed by atoms with E-state index in [-0.39, 0.29) is 30.2 Å². The first-order chi connectivity index (χ1) is 18.9. The molecule has 2 aliphatic rings. The lowest BCUT2D eigenvalue weighted by Crippen LogP contribution is -2.46. The van der Waals surface area contributed by atoms with Gasteiger partial charge in [0.15, 0.2) is 5.17 Å². The number of aliphatic imine (C=N–C) groups is 1. The third-order valence-corrected chi connectivity index (χ3v) is 7.44. The van der Waals surface area contributed by atoms with E-state index in [1.807, 2.05) is 4.90 Å². The zero-order valence-electron chi connectivity index (χ0n) is 20.9. The lowest BCUT2D eigenvalue weighted by molar-refractivity contribution is -0.143. The second-order valence-electron chi connectivity index (χ2n) is 9.19. The van der Waals surface area contributed by atoms with Crippen LogP contribution >= 0.6 is 11.8 Å². The molecule has 1 fully saturated rings. The summed E-state index contributed by atoms with van der Waals surface area (Å²) in [6, 6.07) is 6.60. The van der Waals surface area contributed by atoms with Crippen LogP contribution in [0.25, 0.3) is 17.0 Å². The van der Waals surface area contributed by atoms with E-state index in [9.17, 15) is 31.1 Å². The molecule has 3 heterocycles. The number of methoxy groups -OCH3 is 1. The predicted molar refractivity (Wildman–Crippen MR) is 136 cm³/mol. The van der Waals surface area contributed by atoms with E-state index >= 15 is 0 Å². The van der Waals surface area contributed by atoms with E-state index in [0.29, 0.717) is 58.9 Å². The van der Waals surface area contributed by atoms with Crippen molar-refractivity contribution in [3.8, 4) is 0 Å². The minimum atomic E-state index is -4.97. The van der Waals surface area contributed by atoms with Crippen molar-refractivity contribution in [3.63, 3.8) is 0 Å². The summed E-state index contributed by atoms with van der Waals surface area (Å²) in [4.78, 5) is 19.1. The molecule has 0 radical (unpaired) electrons. The number of nitrogens with zero attached hydrogens (tertiary/aromatic N) is 4. The minimum Gasteiger partial charge on any atom is -0.382 e. The van der Waals surface area contributed by atoms with Crippen LogP contribution in [0.3, 0.4) is 0 Å². The van der Waals surface area contributed by atoms with Crippen LogP contribution in [-0.4, -0.2) is 65.3 Å². The topological polar surface area (TPSA) is 69.0 Å². The van der Waals surface area contributed by atoms with E-state index in [1.165, 1.54) is 22.6 Å². The van der Waals surface area contributed by atoms with Crippen molar-refractivity contribution in [2.75, 3.05) is 33.4 Å². The Kier molecular flexibility index (Phi) is 7.68. The number of hydrogen-bond donors (Lipinski definition) is 0. The van der Waals surface area contributed by atoms with Gasteiger partial charge in [0.25, 0.3) is 5.91 Å². The first-order valence-corrected chi connectivity index (χ1v) is 12.8. The Bertz CT molecular complexity index is 1500. The number of ether oxygens (including phenoxy) is 2. The van der Waals surface area contributed by atoms with Crippen LogP contribution in [0.4, 0.5) is 26.3 Å². The summed E-state index contributed by atoms with van der Waals surface area (Å²) in [5.41, 5.74) is -1.94. The first kappa shape index (κ1) is 28.2. The van der Waals surface area contributed by atoms with Gasteiger partial charge in [0.05, 0.1) is 53.6 Å². The van der Waals surface area contributed by atoms with Crippen molar-refractivity contribution in [3.05, 3.63) is 69.8 Å². The fourth-order valence-electron chi connectivity index (χ4n) is 4.50. The normalized spacial score (nSPS) is 19.6. The smallest absolute Gasteiger partial charge is 0.382 e. The van der Waals surface area contributed by atoms with Gasteiger partial charge in [0, 0.05) is 25.6 Å². The number of amidine groups is 1. The Morgan fingerprint density at radius 1 is 1.12 bits per heavy atom. The molecule has 1 unspecified atom stereocenters. The van der Waals surface area contributed by atoms with E-state index in [4.69, 9.17) is 9.47 Å². The maximum absolute atomic E-state index is 13.6. The molecular formula is C26H22F6N4O3S. The largest absolute Gasteiger partial charge is 0.416 e. The molecule has 1 amide bonds. The van der Waals surface area contributed by atoms with Crippen LogP contribution < -0.4 is 0 Å². The molecule has 14 heteroatoms. The average molecular weight is 585 g/mol. The summed E-state index contributed by atoms with van der Waals surface area (Å²) < 4.78 is 91.8. The van der Waals surface area contributed by atoms with Crippen molar-refractivity contribution in [1.82, 2.24) is 14.7 Å². The van der Waals surface area contributed by atoms with Gasteiger partial charge in [0.1, 0.15) is 0 Å². The fraction of sp³-hybridized carbons (Fsp3) is 0.346. The second kappa shape index (κ2) is 10.9. The molecule has 1 aromatic heterocycles. The highest BCUT2D eigenvalue weighted by Crippen LogP contribution is 2.38. The number of alkyl halides is 6. The van der Waals surface area contributed by atoms with Crippen LogP contribution in [0, 0.1) is 0 Å². The van der Waals surface area contributed by atoms with Crippen molar-refractivity contribution in [2.24, 2.45) is 4.99 Å². The van der Waals surface area contributed by atoms with Crippen LogP contribution in [0.1, 0.15) is 22.3 Å². The number of thioether (sulfide) groups is 1. The van der Waals surface area contributed by atoms with Gasteiger partial charge in [-0.05, 0) is 53.2 Å². The van der Waals surface area contributed by atoms with Crippen LogP contribution in [-0.2, 0) is 33.2 Å². The van der Waals surface area contributed by atoms with Crippen molar-refractivity contribution >= 4 is 39.8 Å². The number of amides is 1. The fourth-order valence-corrected chi connectivity index (χ4v) is 5.45. The van der Waals surface area contributed by atoms with E-state index in [1.54, 1.807) is 31.4 Å². The third-order valence-electron chi connectivity index (χ3n) is 6.40. The molecule has 0 N–H and O–H groups in total. The van der Waals surface area contributed by atoms with Crippen molar-refractivity contribution in [1.29, 1.82) is 0 Å². The number of halogens is 6. The molecule has 0 aliphatic carbocycles. The lowest BCUT2D eigenvalue weighted by Gasteiger charge is -2.33. The van der Waals surface area contributed by atoms with Crippen LogP contribution in [0.15, 0.2) is 52.5 Å². The van der Waals surface area contributed by atoms with Crippen molar-refractivity contribution < 1.29 is 40.6 Å². The SMILES string of the molecule is COCC1CN(C2=NC(=O)C(=Cc3ccc4c(cnn4Cc4ccc(C(F)(F)F)cc4C(F)(F)F)c3)S2)CCO1. The number of aromatic nitrogens is 2. The molecule has 0 saturated carbocycles. The molecule has 0 bridgehead atoms. The number of benzene rings is 2. The maximum Gasteiger partial charge on any atom is 0.416 e. The predicted octanol–water partition coefficient (Wildman–Crippen LogP) is 5.44. The summed E-state index contributed by atoms with van der Waals surface area (Å²) >= 11 is 1.24. The van der Waals surface area contributed by atoms with Crippen molar-refractivity contribution in [2.45, 2.75) is 25.0 Å².